The Morgan fingerprint density at radius 1 is 1.10 bits per heavy atom. The lowest BCUT2D eigenvalue weighted by molar-refractivity contribution is -0.120. The van der Waals surface area contributed by atoms with E-state index in [1.807, 2.05) is 24.3 Å². The Morgan fingerprint density at radius 3 is 2.63 bits per heavy atom. The fraction of sp³-hybridized carbons (Fsp3) is 0.190. The number of carbonyl (C=O) groups is 2. The van der Waals surface area contributed by atoms with E-state index in [2.05, 4.69) is 20.9 Å². The highest BCUT2D eigenvalue weighted by molar-refractivity contribution is 7.14. The smallest absolute Gasteiger partial charge is 0.325 e. The topological polar surface area (TPSA) is 92.4 Å². The number of para-hydroxylation sites is 1. The van der Waals surface area contributed by atoms with Crippen LogP contribution in [0.25, 0.3) is 0 Å². The number of amides is 3. The summed E-state index contributed by atoms with van der Waals surface area (Å²) < 4.78 is 5.31. The number of urea groups is 1. The molecular formula is C21H21ClN4O3S. The molecule has 0 fully saturated rings. The van der Waals surface area contributed by atoms with Crippen molar-refractivity contribution >= 4 is 45.7 Å². The number of thiazole rings is 1. The molecule has 1 heterocycles. The van der Waals surface area contributed by atoms with Crippen LogP contribution in [0.2, 0.25) is 5.02 Å². The zero-order valence-electron chi connectivity index (χ0n) is 16.3. The highest BCUT2D eigenvalue weighted by Gasteiger charge is 2.10. The number of aromatic nitrogens is 1. The summed E-state index contributed by atoms with van der Waals surface area (Å²) in [5, 5.41) is 11.0. The average Bonchev–Trinajstić information content (AvgIpc) is 3.16. The van der Waals surface area contributed by atoms with Crippen LogP contribution in [0.15, 0.2) is 53.9 Å². The van der Waals surface area contributed by atoms with Gasteiger partial charge in [-0.1, -0.05) is 29.8 Å². The third kappa shape index (κ3) is 6.47. The number of ether oxygens (including phenoxy) is 1. The Balaban J connectivity index is 1.43. The van der Waals surface area contributed by atoms with E-state index in [4.69, 9.17) is 16.3 Å². The molecule has 7 nitrogen and oxygen atoms in total. The Kier molecular flexibility index (Phi) is 7.64. The largest absolute Gasteiger partial charge is 0.496 e. The Hall–Kier alpha value is -3.10. The molecule has 0 saturated carbocycles. The maximum Gasteiger partial charge on any atom is 0.325 e. The van der Waals surface area contributed by atoms with Crippen LogP contribution < -0.4 is 20.7 Å². The van der Waals surface area contributed by atoms with E-state index in [0.717, 1.165) is 11.3 Å². The number of anilines is 2. The first-order valence-electron chi connectivity index (χ1n) is 9.20. The monoisotopic (exact) mass is 444 g/mol. The molecular weight excluding hydrogens is 424 g/mol. The Bertz CT molecular complexity index is 1010. The van der Waals surface area contributed by atoms with Crippen molar-refractivity contribution in [2.75, 3.05) is 24.3 Å². The van der Waals surface area contributed by atoms with Gasteiger partial charge in [0.25, 0.3) is 0 Å². The second-order valence-electron chi connectivity index (χ2n) is 6.32. The molecule has 0 aliphatic carbocycles. The van der Waals surface area contributed by atoms with E-state index in [-0.39, 0.29) is 12.3 Å². The van der Waals surface area contributed by atoms with Crippen molar-refractivity contribution in [1.29, 1.82) is 0 Å². The van der Waals surface area contributed by atoms with Crippen LogP contribution in [0.3, 0.4) is 0 Å². The van der Waals surface area contributed by atoms with E-state index in [9.17, 15) is 9.59 Å². The van der Waals surface area contributed by atoms with Gasteiger partial charge in [-0.25, -0.2) is 9.78 Å². The third-order valence-electron chi connectivity index (χ3n) is 4.13. The van der Waals surface area contributed by atoms with Crippen LogP contribution in [0.4, 0.5) is 15.6 Å². The van der Waals surface area contributed by atoms with Crippen LogP contribution in [0.5, 0.6) is 5.75 Å². The van der Waals surface area contributed by atoms with Crippen molar-refractivity contribution in [3.63, 3.8) is 0 Å². The van der Waals surface area contributed by atoms with Gasteiger partial charge in [-0.05, 0) is 42.3 Å². The normalized spacial score (nSPS) is 10.3. The molecule has 0 aliphatic heterocycles. The highest BCUT2D eigenvalue weighted by atomic mass is 35.5. The van der Waals surface area contributed by atoms with Gasteiger partial charge >= 0.3 is 6.03 Å². The predicted octanol–water partition coefficient (Wildman–Crippen LogP) is 4.35. The molecule has 30 heavy (non-hydrogen) atoms. The summed E-state index contributed by atoms with van der Waals surface area (Å²) in [5.74, 6) is 0.672. The fourth-order valence-electron chi connectivity index (χ4n) is 2.71. The Labute approximate surface area is 183 Å². The fourth-order valence-corrected chi connectivity index (χ4v) is 3.54. The van der Waals surface area contributed by atoms with Crippen molar-refractivity contribution < 1.29 is 14.3 Å². The molecule has 0 saturated heterocycles. The van der Waals surface area contributed by atoms with Crippen LogP contribution in [0.1, 0.15) is 11.3 Å². The number of rotatable bonds is 8. The van der Waals surface area contributed by atoms with E-state index in [0.29, 0.717) is 34.5 Å². The van der Waals surface area contributed by atoms with Gasteiger partial charge < -0.3 is 15.4 Å². The van der Waals surface area contributed by atoms with Crippen LogP contribution >= 0.6 is 22.9 Å². The maximum absolute atomic E-state index is 12.2. The minimum Gasteiger partial charge on any atom is -0.496 e. The minimum atomic E-state index is -0.417. The first-order valence-corrected chi connectivity index (χ1v) is 10.5. The average molecular weight is 445 g/mol. The summed E-state index contributed by atoms with van der Waals surface area (Å²) in [6, 6.07) is 14.1. The minimum absolute atomic E-state index is 0.132. The summed E-state index contributed by atoms with van der Waals surface area (Å²) in [6.45, 7) is 0.498. The van der Waals surface area contributed by atoms with Crippen molar-refractivity contribution in [3.8, 4) is 5.75 Å². The highest BCUT2D eigenvalue weighted by Crippen LogP contribution is 2.18. The zero-order valence-corrected chi connectivity index (χ0v) is 17.8. The van der Waals surface area contributed by atoms with E-state index >= 15 is 0 Å². The van der Waals surface area contributed by atoms with Gasteiger partial charge in [0.2, 0.25) is 5.91 Å². The molecule has 3 N–H and O–H groups in total. The van der Waals surface area contributed by atoms with E-state index in [1.165, 1.54) is 11.3 Å². The Morgan fingerprint density at radius 2 is 1.87 bits per heavy atom. The second kappa shape index (κ2) is 10.6. The molecule has 1 aromatic heterocycles. The van der Waals surface area contributed by atoms with Crippen LogP contribution in [-0.4, -0.2) is 30.6 Å². The molecule has 0 unspecified atom stereocenters. The third-order valence-corrected chi connectivity index (χ3v) is 5.18. The standard InChI is InChI=1S/C21H21ClN4O3S/c1-29-18-5-3-2-4-14(18)10-11-23-19(27)12-17-13-30-21(25-17)26-20(28)24-16-8-6-15(22)7-9-16/h2-9,13H,10-12H2,1H3,(H,23,27)(H2,24,25,26,28). The van der Waals surface area contributed by atoms with E-state index < -0.39 is 6.03 Å². The number of nitrogens with one attached hydrogen (secondary N) is 3. The molecule has 156 valence electrons. The van der Waals surface area contributed by atoms with Gasteiger partial charge in [0.15, 0.2) is 5.13 Å². The van der Waals surface area contributed by atoms with Crippen molar-refractivity contribution in [3.05, 3.63) is 70.2 Å². The summed E-state index contributed by atoms with van der Waals surface area (Å²) >= 11 is 7.08. The summed E-state index contributed by atoms with van der Waals surface area (Å²) in [7, 11) is 1.63. The van der Waals surface area contributed by atoms with Gasteiger partial charge in [-0.2, -0.15) is 0 Å². The van der Waals surface area contributed by atoms with Gasteiger partial charge in [-0.3, -0.25) is 10.1 Å². The molecule has 3 rings (SSSR count). The molecule has 9 heteroatoms. The summed E-state index contributed by atoms with van der Waals surface area (Å²) in [6.07, 6.45) is 0.813. The maximum atomic E-state index is 12.2. The number of nitrogens with zero attached hydrogens (tertiary/aromatic N) is 1. The summed E-state index contributed by atoms with van der Waals surface area (Å²) in [4.78, 5) is 28.5. The lowest BCUT2D eigenvalue weighted by Crippen LogP contribution is -2.27. The number of methoxy groups -OCH3 is 1. The molecule has 3 aromatic rings. The number of hydrogen-bond acceptors (Lipinski definition) is 5. The van der Waals surface area contributed by atoms with Crippen molar-refractivity contribution in [2.45, 2.75) is 12.8 Å². The molecule has 0 radical (unpaired) electrons. The second-order valence-corrected chi connectivity index (χ2v) is 7.61. The van der Waals surface area contributed by atoms with Gasteiger partial charge in [0, 0.05) is 22.6 Å². The molecule has 0 spiro atoms. The SMILES string of the molecule is COc1ccccc1CCNC(=O)Cc1csc(NC(=O)Nc2ccc(Cl)cc2)n1. The zero-order chi connectivity index (χ0) is 21.3. The molecule has 0 bridgehead atoms. The van der Waals surface area contributed by atoms with Crippen molar-refractivity contribution in [2.24, 2.45) is 0 Å². The number of benzene rings is 2. The lowest BCUT2D eigenvalue weighted by Gasteiger charge is -2.08. The molecule has 0 atom stereocenters. The quantitative estimate of drug-likeness (QED) is 0.481. The predicted molar refractivity (Wildman–Crippen MR) is 120 cm³/mol. The molecule has 2 aromatic carbocycles. The van der Waals surface area contributed by atoms with Crippen LogP contribution in [0, 0.1) is 0 Å². The number of hydrogen-bond donors (Lipinski definition) is 3. The first-order chi connectivity index (χ1) is 14.5. The van der Waals surface area contributed by atoms with Gasteiger partial charge in [0.1, 0.15) is 5.75 Å². The van der Waals surface area contributed by atoms with Gasteiger partial charge in [0.05, 0.1) is 19.2 Å². The summed E-state index contributed by atoms with van der Waals surface area (Å²) in [5.41, 5.74) is 2.24. The molecule has 3 amide bonds. The first kappa shape index (κ1) is 21.6. The van der Waals surface area contributed by atoms with Gasteiger partial charge in [-0.15, -0.1) is 11.3 Å². The van der Waals surface area contributed by atoms with Crippen molar-refractivity contribution in [1.82, 2.24) is 10.3 Å². The number of halogens is 1. The lowest BCUT2D eigenvalue weighted by atomic mass is 10.1. The van der Waals surface area contributed by atoms with Crippen LogP contribution in [-0.2, 0) is 17.6 Å². The molecule has 0 aliphatic rings. The number of carbonyl (C=O) groups excluding carboxylic acids is 2. The van der Waals surface area contributed by atoms with E-state index in [1.54, 1.807) is 36.8 Å².